The number of benzene rings is 1. The molecule has 1 atom stereocenters. The predicted molar refractivity (Wildman–Crippen MR) is 76.8 cm³/mol. The van der Waals surface area contributed by atoms with Gasteiger partial charge in [0.15, 0.2) is 0 Å². The number of hydrogen-bond acceptors (Lipinski definition) is 3. The van der Waals surface area contributed by atoms with Crippen LogP contribution in [-0.4, -0.2) is 17.2 Å². The minimum Gasteiger partial charge on any atom is -0.444 e. The molecule has 0 heterocycles. The van der Waals surface area contributed by atoms with Gasteiger partial charge in [0.25, 0.3) is 0 Å². The van der Waals surface area contributed by atoms with Crippen LogP contribution in [0.25, 0.3) is 0 Å². The lowest BCUT2D eigenvalue weighted by atomic mass is 9.89. The van der Waals surface area contributed by atoms with E-state index in [1.807, 2.05) is 0 Å². The third-order valence-electron chi connectivity index (χ3n) is 2.84. The van der Waals surface area contributed by atoms with Crippen molar-refractivity contribution in [2.75, 3.05) is 0 Å². The summed E-state index contributed by atoms with van der Waals surface area (Å²) >= 11 is 0. The van der Waals surface area contributed by atoms with Crippen molar-refractivity contribution in [3.05, 3.63) is 35.6 Å². The molecule has 0 aromatic heterocycles. The van der Waals surface area contributed by atoms with Crippen molar-refractivity contribution < 1.29 is 13.9 Å². The fraction of sp³-hybridized carbons (Fsp3) is 0.533. The highest BCUT2D eigenvalue weighted by atomic mass is 19.1. The van der Waals surface area contributed by atoms with Crippen LogP contribution in [-0.2, 0) is 4.74 Å². The molecule has 0 aliphatic carbocycles. The van der Waals surface area contributed by atoms with Gasteiger partial charge in [-0.1, -0.05) is 18.2 Å². The first-order chi connectivity index (χ1) is 9.03. The van der Waals surface area contributed by atoms with Gasteiger partial charge in [-0.2, -0.15) is 0 Å². The first kappa shape index (κ1) is 16.4. The van der Waals surface area contributed by atoms with E-state index in [0.717, 1.165) is 0 Å². The molecule has 4 nitrogen and oxygen atoms in total. The van der Waals surface area contributed by atoms with E-state index in [1.54, 1.807) is 52.8 Å². The number of halogens is 1. The largest absolute Gasteiger partial charge is 0.444 e. The van der Waals surface area contributed by atoms with E-state index in [9.17, 15) is 9.18 Å². The lowest BCUT2D eigenvalue weighted by Gasteiger charge is -2.34. The van der Waals surface area contributed by atoms with Gasteiger partial charge in [0.05, 0.1) is 11.6 Å². The van der Waals surface area contributed by atoms with Crippen molar-refractivity contribution in [2.45, 2.75) is 51.8 Å². The van der Waals surface area contributed by atoms with E-state index < -0.39 is 23.3 Å². The van der Waals surface area contributed by atoms with Crippen LogP contribution in [0.5, 0.6) is 0 Å². The second-order valence-electron chi connectivity index (χ2n) is 6.35. The molecule has 0 saturated heterocycles. The maximum absolute atomic E-state index is 13.8. The molecule has 112 valence electrons. The predicted octanol–water partition coefficient (Wildman–Crippen LogP) is 3.13. The van der Waals surface area contributed by atoms with Crippen LogP contribution >= 0.6 is 0 Å². The number of amides is 1. The summed E-state index contributed by atoms with van der Waals surface area (Å²) < 4.78 is 18.9. The molecule has 0 saturated carbocycles. The Morgan fingerprint density at radius 2 is 1.80 bits per heavy atom. The first-order valence-corrected chi connectivity index (χ1v) is 6.54. The van der Waals surface area contributed by atoms with Crippen LogP contribution in [0, 0.1) is 5.82 Å². The van der Waals surface area contributed by atoms with Crippen LogP contribution in [0.3, 0.4) is 0 Å². The van der Waals surface area contributed by atoms with Crippen LogP contribution in [0.2, 0.25) is 0 Å². The van der Waals surface area contributed by atoms with Crippen LogP contribution in [0.1, 0.15) is 46.2 Å². The van der Waals surface area contributed by atoms with E-state index in [-0.39, 0.29) is 5.82 Å². The molecule has 3 N–H and O–H groups in total. The third-order valence-corrected chi connectivity index (χ3v) is 2.84. The highest BCUT2D eigenvalue weighted by Gasteiger charge is 2.32. The highest BCUT2D eigenvalue weighted by Crippen LogP contribution is 2.25. The van der Waals surface area contributed by atoms with E-state index >= 15 is 0 Å². The molecule has 0 spiro atoms. The molecule has 0 aliphatic heterocycles. The minimum atomic E-state index is -0.843. The molecule has 5 heteroatoms. The van der Waals surface area contributed by atoms with Gasteiger partial charge in [-0.25, -0.2) is 9.18 Å². The SMILES string of the molecule is CC(C)(C)OC(=O)NC(C)(C)C(N)c1ccccc1F. The lowest BCUT2D eigenvalue weighted by molar-refractivity contribution is 0.0457. The maximum atomic E-state index is 13.8. The Morgan fingerprint density at radius 3 is 2.30 bits per heavy atom. The minimum absolute atomic E-state index is 0.355. The Hall–Kier alpha value is -1.62. The molecule has 1 amide bonds. The quantitative estimate of drug-likeness (QED) is 0.895. The Morgan fingerprint density at radius 1 is 1.25 bits per heavy atom. The topological polar surface area (TPSA) is 64.3 Å². The summed E-state index contributed by atoms with van der Waals surface area (Å²) in [5.74, 6) is -0.390. The van der Waals surface area contributed by atoms with Crippen molar-refractivity contribution in [3.8, 4) is 0 Å². The highest BCUT2D eigenvalue weighted by molar-refractivity contribution is 5.68. The average Bonchev–Trinajstić information content (AvgIpc) is 2.25. The second-order valence-corrected chi connectivity index (χ2v) is 6.35. The zero-order valence-corrected chi connectivity index (χ0v) is 12.7. The van der Waals surface area contributed by atoms with Gasteiger partial charge >= 0.3 is 6.09 Å². The molecule has 0 bridgehead atoms. The zero-order chi connectivity index (χ0) is 15.6. The summed E-state index contributed by atoms with van der Waals surface area (Å²) in [5.41, 5.74) is 4.99. The first-order valence-electron chi connectivity index (χ1n) is 6.54. The van der Waals surface area contributed by atoms with Gasteiger partial charge in [-0.15, -0.1) is 0 Å². The molecule has 1 aromatic carbocycles. The summed E-state index contributed by atoms with van der Waals surface area (Å²) in [4.78, 5) is 11.8. The number of alkyl carbamates (subject to hydrolysis) is 1. The van der Waals surface area contributed by atoms with E-state index in [2.05, 4.69) is 5.32 Å². The Kier molecular flexibility index (Phi) is 4.76. The van der Waals surface area contributed by atoms with Crippen molar-refractivity contribution in [1.29, 1.82) is 0 Å². The maximum Gasteiger partial charge on any atom is 0.408 e. The van der Waals surface area contributed by atoms with Gasteiger partial charge in [-0.05, 0) is 40.7 Å². The van der Waals surface area contributed by atoms with E-state index in [4.69, 9.17) is 10.5 Å². The lowest BCUT2D eigenvalue weighted by Crippen LogP contribution is -2.52. The summed E-state index contributed by atoms with van der Waals surface area (Å²) in [7, 11) is 0. The van der Waals surface area contributed by atoms with Gasteiger partial charge in [0.1, 0.15) is 11.4 Å². The molecular formula is C15H23FN2O2. The number of carbonyl (C=O) groups is 1. The van der Waals surface area contributed by atoms with Crippen LogP contribution in [0.4, 0.5) is 9.18 Å². The second kappa shape index (κ2) is 5.79. The normalized spacial score (nSPS) is 13.8. The molecule has 1 rings (SSSR count). The standard InChI is InChI=1S/C15H23FN2O2/c1-14(2,3)20-13(19)18-15(4,5)12(17)10-8-6-7-9-11(10)16/h6-9,12H,17H2,1-5H3,(H,18,19). The van der Waals surface area contributed by atoms with Crippen LogP contribution in [0.15, 0.2) is 24.3 Å². The van der Waals surface area contributed by atoms with Gasteiger partial charge in [-0.3, -0.25) is 0 Å². The average molecular weight is 282 g/mol. The van der Waals surface area contributed by atoms with Crippen molar-refractivity contribution in [1.82, 2.24) is 5.32 Å². The van der Waals surface area contributed by atoms with E-state index in [0.29, 0.717) is 5.56 Å². The summed E-state index contributed by atoms with van der Waals surface area (Å²) in [5, 5.41) is 2.69. The fourth-order valence-corrected chi connectivity index (χ4v) is 1.76. The number of carbonyl (C=O) groups excluding carboxylic acids is 1. The number of nitrogens with two attached hydrogens (primary N) is 1. The zero-order valence-electron chi connectivity index (χ0n) is 12.7. The Labute approximate surface area is 119 Å². The smallest absolute Gasteiger partial charge is 0.408 e. The summed E-state index contributed by atoms with van der Waals surface area (Å²) in [6.45, 7) is 8.78. The van der Waals surface area contributed by atoms with Gasteiger partial charge < -0.3 is 15.8 Å². The molecule has 0 fully saturated rings. The molecule has 0 aliphatic rings. The van der Waals surface area contributed by atoms with Gasteiger partial charge in [0.2, 0.25) is 0 Å². The summed E-state index contributed by atoms with van der Waals surface area (Å²) in [6, 6.07) is 5.58. The van der Waals surface area contributed by atoms with E-state index in [1.165, 1.54) is 6.07 Å². The monoisotopic (exact) mass is 282 g/mol. The van der Waals surface area contributed by atoms with Crippen molar-refractivity contribution in [3.63, 3.8) is 0 Å². The Balaban J connectivity index is 2.83. The number of hydrogen-bond donors (Lipinski definition) is 2. The molecular weight excluding hydrogens is 259 g/mol. The summed E-state index contributed by atoms with van der Waals surface area (Å²) in [6.07, 6.45) is -0.575. The van der Waals surface area contributed by atoms with Gasteiger partial charge in [0, 0.05) is 5.56 Å². The molecule has 0 radical (unpaired) electrons. The third kappa shape index (κ3) is 4.49. The van der Waals surface area contributed by atoms with Crippen LogP contribution < -0.4 is 11.1 Å². The Bertz CT molecular complexity index is 481. The molecule has 20 heavy (non-hydrogen) atoms. The number of nitrogens with one attached hydrogen (secondary N) is 1. The molecule has 1 aromatic rings. The number of ether oxygens (including phenoxy) is 1. The van der Waals surface area contributed by atoms with Crippen molar-refractivity contribution in [2.24, 2.45) is 5.73 Å². The molecule has 1 unspecified atom stereocenters. The van der Waals surface area contributed by atoms with Crippen molar-refractivity contribution >= 4 is 6.09 Å². The number of rotatable bonds is 3. The fourth-order valence-electron chi connectivity index (χ4n) is 1.76.